The van der Waals surface area contributed by atoms with Crippen molar-refractivity contribution in [3.05, 3.63) is 35.5 Å². The summed E-state index contributed by atoms with van der Waals surface area (Å²) in [5.74, 6) is -0.489. The Morgan fingerprint density at radius 3 is 2.83 bits per heavy atom. The zero-order chi connectivity index (χ0) is 16.8. The minimum absolute atomic E-state index is 0.114. The number of ether oxygens (including phenoxy) is 1. The van der Waals surface area contributed by atoms with Crippen LogP contribution in [0.5, 0.6) is 0 Å². The maximum absolute atomic E-state index is 11.6. The zero-order valence-corrected chi connectivity index (χ0v) is 13.9. The molecule has 124 valence electrons. The Balaban J connectivity index is 2.16. The number of aromatic nitrogens is 1. The molecule has 1 atom stereocenters. The average Bonchev–Trinajstić information content (AvgIpc) is 2.90. The maximum atomic E-state index is 11.6. The number of hydrogen-bond acceptors (Lipinski definition) is 7. The van der Waals surface area contributed by atoms with Gasteiger partial charge in [-0.3, -0.25) is 4.79 Å². The van der Waals surface area contributed by atoms with Crippen molar-refractivity contribution >= 4 is 33.8 Å². The van der Waals surface area contributed by atoms with Gasteiger partial charge in [-0.05, 0) is 42.7 Å². The van der Waals surface area contributed by atoms with Crippen LogP contribution < -0.4 is 22.1 Å². The highest BCUT2D eigenvalue weighted by Gasteiger charge is 2.11. The molecular formula is C15H21N5O2S. The first-order valence-corrected chi connectivity index (χ1v) is 7.89. The molecule has 2 rings (SSSR count). The van der Waals surface area contributed by atoms with E-state index in [-0.39, 0.29) is 6.04 Å². The highest BCUT2D eigenvalue weighted by molar-refractivity contribution is 7.10. The lowest BCUT2D eigenvalue weighted by molar-refractivity contribution is 0.100. The van der Waals surface area contributed by atoms with Crippen molar-refractivity contribution in [2.24, 2.45) is 11.5 Å². The molecule has 0 fully saturated rings. The Hall–Kier alpha value is -2.16. The summed E-state index contributed by atoms with van der Waals surface area (Å²) in [4.78, 5) is 11.6. The molecule has 0 saturated carbocycles. The molecule has 0 aliphatic heterocycles. The molecule has 0 unspecified atom stereocenters. The molecule has 1 amide bonds. The van der Waals surface area contributed by atoms with Crippen LogP contribution in [-0.2, 0) is 4.74 Å². The molecule has 0 saturated heterocycles. The molecule has 8 heteroatoms. The van der Waals surface area contributed by atoms with Crippen LogP contribution in [0, 0.1) is 6.92 Å². The van der Waals surface area contributed by atoms with Gasteiger partial charge in [0.05, 0.1) is 23.6 Å². The normalized spacial score (nSPS) is 12.0. The van der Waals surface area contributed by atoms with Crippen LogP contribution in [-0.4, -0.2) is 36.6 Å². The van der Waals surface area contributed by atoms with E-state index in [9.17, 15) is 4.79 Å². The number of methoxy groups -OCH3 is 1. The van der Waals surface area contributed by atoms with Crippen LogP contribution in [0.3, 0.4) is 0 Å². The summed E-state index contributed by atoms with van der Waals surface area (Å²) in [7, 11) is 1.61. The number of nitrogens with one attached hydrogen (secondary N) is 2. The number of hydrogen-bond donors (Lipinski definition) is 4. The van der Waals surface area contributed by atoms with Gasteiger partial charge in [0.15, 0.2) is 0 Å². The van der Waals surface area contributed by atoms with E-state index in [2.05, 4.69) is 15.0 Å². The van der Waals surface area contributed by atoms with Gasteiger partial charge in [-0.25, -0.2) is 0 Å². The molecule has 0 aliphatic carbocycles. The van der Waals surface area contributed by atoms with Gasteiger partial charge in [0.2, 0.25) is 0 Å². The van der Waals surface area contributed by atoms with Gasteiger partial charge < -0.3 is 26.8 Å². The molecule has 23 heavy (non-hydrogen) atoms. The van der Waals surface area contributed by atoms with E-state index in [0.717, 1.165) is 16.4 Å². The fraction of sp³-hybridized carbons (Fsp3) is 0.333. The maximum Gasteiger partial charge on any atom is 0.250 e. The average molecular weight is 335 g/mol. The van der Waals surface area contributed by atoms with Crippen molar-refractivity contribution in [1.29, 1.82) is 0 Å². The number of nitrogens with two attached hydrogens (primary N) is 2. The zero-order valence-electron chi connectivity index (χ0n) is 13.1. The molecule has 6 N–H and O–H groups in total. The quantitative estimate of drug-likeness (QED) is 0.583. The van der Waals surface area contributed by atoms with Gasteiger partial charge in [0, 0.05) is 25.4 Å². The first kappa shape index (κ1) is 17.2. The number of primary amides is 1. The van der Waals surface area contributed by atoms with Crippen LogP contribution in [0.2, 0.25) is 0 Å². The third kappa shape index (κ3) is 4.92. The minimum atomic E-state index is -0.489. The van der Waals surface area contributed by atoms with Crippen molar-refractivity contribution in [1.82, 2.24) is 4.37 Å². The van der Waals surface area contributed by atoms with E-state index in [0.29, 0.717) is 24.4 Å². The van der Waals surface area contributed by atoms with Crippen LogP contribution >= 0.6 is 11.5 Å². The molecule has 1 heterocycles. The second-order valence-corrected chi connectivity index (χ2v) is 5.98. The lowest BCUT2D eigenvalue weighted by Gasteiger charge is -2.15. The summed E-state index contributed by atoms with van der Waals surface area (Å²) in [5, 5.41) is 7.25. The summed E-state index contributed by atoms with van der Waals surface area (Å²) in [6.45, 7) is 2.94. The van der Waals surface area contributed by atoms with Crippen molar-refractivity contribution in [2.75, 3.05) is 30.9 Å². The fourth-order valence-corrected chi connectivity index (χ4v) is 2.72. The number of anilines is 3. The van der Waals surface area contributed by atoms with Crippen molar-refractivity contribution in [3.8, 4) is 0 Å². The summed E-state index contributed by atoms with van der Waals surface area (Å²) < 4.78 is 9.21. The van der Waals surface area contributed by atoms with Crippen molar-refractivity contribution < 1.29 is 9.53 Å². The second kappa shape index (κ2) is 7.91. The molecule has 0 aliphatic rings. The smallest absolute Gasteiger partial charge is 0.250 e. The van der Waals surface area contributed by atoms with Crippen LogP contribution in [0.15, 0.2) is 24.3 Å². The Morgan fingerprint density at radius 2 is 2.22 bits per heavy atom. The van der Waals surface area contributed by atoms with Gasteiger partial charge >= 0.3 is 0 Å². The first-order valence-electron chi connectivity index (χ1n) is 7.12. The number of aryl methyl sites for hydroxylation is 1. The Kier molecular flexibility index (Phi) is 5.91. The van der Waals surface area contributed by atoms with Crippen LogP contribution in [0.25, 0.3) is 0 Å². The standard InChI is InChI=1S/C15H21N5O2S/c1-9-5-14(23-20-9)19-13-6-11(3-4-12(13)15(17)21)18-7-10(16)8-22-2/h3-6,10,18-19H,7-8,16H2,1-2H3,(H2,17,21)/t10-/m1/s1. The number of carbonyl (C=O) groups excluding carboxylic acids is 1. The third-order valence-electron chi connectivity index (χ3n) is 3.12. The van der Waals surface area contributed by atoms with Crippen LogP contribution in [0.1, 0.15) is 16.1 Å². The summed E-state index contributed by atoms with van der Waals surface area (Å²) in [6.07, 6.45) is 0. The van der Waals surface area contributed by atoms with Gasteiger partial charge in [-0.15, -0.1) is 0 Å². The van der Waals surface area contributed by atoms with E-state index in [1.54, 1.807) is 19.2 Å². The van der Waals surface area contributed by atoms with Gasteiger partial charge in [0.1, 0.15) is 5.00 Å². The molecule has 1 aromatic carbocycles. The minimum Gasteiger partial charge on any atom is -0.383 e. The van der Waals surface area contributed by atoms with E-state index < -0.39 is 5.91 Å². The van der Waals surface area contributed by atoms with E-state index in [1.807, 2.05) is 19.1 Å². The van der Waals surface area contributed by atoms with E-state index in [1.165, 1.54) is 11.5 Å². The number of carbonyl (C=O) groups is 1. The summed E-state index contributed by atoms with van der Waals surface area (Å²) >= 11 is 1.33. The number of amides is 1. The van der Waals surface area contributed by atoms with Crippen LogP contribution in [0.4, 0.5) is 16.4 Å². The Morgan fingerprint density at radius 1 is 1.43 bits per heavy atom. The second-order valence-electron chi connectivity index (χ2n) is 5.18. The molecule has 1 aromatic heterocycles. The predicted octanol–water partition coefficient (Wildman–Crippen LogP) is 1.68. The highest BCUT2D eigenvalue weighted by atomic mass is 32.1. The molecule has 0 bridgehead atoms. The highest BCUT2D eigenvalue weighted by Crippen LogP contribution is 2.27. The van der Waals surface area contributed by atoms with Crippen molar-refractivity contribution in [3.63, 3.8) is 0 Å². The molecule has 7 nitrogen and oxygen atoms in total. The summed E-state index contributed by atoms with van der Waals surface area (Å²) in [6, 6.07) is 7.10. The number of nitrogens with zero attached hydrogens (tertiary/aromatic N) is 1. The van der Waals surface area contributed by atoms with E-state index in [4.69, 9.17) is 16.2 Å². The predicted molar refractivity (Wildman–Crippen MR) is 93.4 cm³/mol. The van der Waals surface area contributed by atoms with E-state index >= 15 is 0 Å². The summed E-state index contributed by atoms with van der Waals surface area (Å²) in [5.41, 5.74) is 14.1. The lowest BCUT2D eigenvalue weighted by atomic mass is 10.1. The Labute approximate surface area is 139 Å². The van der Waals surface area contributed by atoms with Gasteiger partial charge in [-0.2, -0.15) is 4.37 Å². The van der Waals surface area contributed by atoms with Gasteiger partial charge in [0.25, 0.3) is 5.91 Å². The molecule has 0 radical (unpaired) electrons. The lowest BCUT2D eigenvalue weighted by Crippen LogP contribution is -2.33. The third-order valence-corrected chi connectivity index (χ3v) is 3.92. The van der Waals surface area contributed by atoms with Crippen molar-refractivity contribution in [2.45, 2.75) is 13.0 Å². The topological polar surface area (TPSA) is 115 Å². The Bertz CT molecular complexity index is 674. The molecular weight excluding hydrogens is 314 g/mol. The van der Waals surface area contributed by atoms with Gasteiger partial charge in [-0.1, -0.05) is 0 Å². The monoisotopic (exact) mass is 335 g/mol. The number of rotatable bonds is 8. The fourth-order valence-electron chi connectivity index (χ4n) is 2.05. The SMILES string of the molecule is COC[C@H](N)CNc1ccc(C(N)=O)c(Nc2cc(C)ns2)c1. The number of benzene rings is 1. The first-order chi connectivity index (χ1) is 11.0. The molecule has 0 spiro atoms. The largest absolute Gasteiger partial charge is 0.383 e. The molecule has 2 aromatic rings.